The van der Waals surface area contributed by atoms with Gasteiger partial charge in [-0.15, -0.1) is 11.3 Å². The summed E-state index contributed by atoms with van der Waals surface area (Å²) < 4.78 is 40.0. The molecule has 146 valence electrons. The summed E-state index contributed by atoms with van der Waals surface area (Å²) in [6.07, 6.45) is -2.80. The number of aromatic nitrogens is 2. The van der Waals surface area contributed by atoms with E-state index in [1.165, 1.54) is 16.2 Å². The van der Waals surface area contributed by atoms with Gasteiger partial charge in [0.25, 0.3) is 0 Å². The van der Waals surface area contributed by atoms with Crippen LogP contribution in [-0.4, -0.2) is 65.7 Å². The summed E-state index contributed by atoms with van der Waals surface area (Å²) in [5, 5.41) is 7.83. The van der Waals surface area contributed by atoms with Gasteiger partial charge in [-0.05, 0) is 12.1 Å². The van der Waals surface area contributed by atoms with Crippen molar-refractivity contribution in [1.29, 1.82) is 0 Å². The molecule has 0 radical (unpaired) electrons. The molecule has 2 aromatic heterocycles. The zero-order valence-corrected chi connectivity index (χ0v) is 15.3. The lowest BCUT2D eigenvalue weighted by Gasteiger charge is -2.35. The van der Waals surface area contributed by atoms with Gasteiger partial charge in [0.15, 0.2) is 0 Å². The van der Waals surface area contributed by atoms with Crippen molar-refractivity contribution in [3.05, 3.63) is 35.5 Å². The van der Waals surface area contributed by atoms with Crippen molar-refractivity contribution in [3.8, 4) is 10.7 Å². The molecule has 0 aromatic carbocycles. The molecule has 3 heterocycles. The summed E-state index contributed by atoms with van der Waals surface area (Å²) in [7, 11) is 0. The van der Waals surface area contributed by atoms with E-state index in [1.54, 1.807) is 17.6 Å². The lowest BCUT2D eigenvalue weighted by Crippen LogP contribution is -2.57. The number of hydrogen-bond donors (Lipinski definition) is 2. The van der Waals surface area contributed by atoms with E-state index in [0.29, 0.717) is 42.6 Å². The lowest BCUT2D eigenvalue weighted by molar-refractivity contribution is -0.184. The van der Waals surface area contributed by atoms with Crippen LogP contribution in [0.15, 0.2) is 29.8 Å². The molecule has 0 spiro atoms. The molecule has 1 atom stereocenters. The summed E-state index contributed by atoms with van der Waals surface area (Å²) in [5.74, 6) is -0.475. The number of nitrogens with zero attached hydrogens (tertiary/aromatic N) is 3. The molecule has 1 amide bonds. The summed E-state index contributed by atoms with van der Waals surface area (Å²) >= 11 is 1.35. The van der Waals surface area contributed by atoms with Crippen molar-refractivity contribution in [1.82, 2.24) is 25.5 Å². The number of piperazine rings is 1. The lowest BCUT2D eigenvalue weighted by atomic mass is 10.2. The van der Waals surface area contributed by atoms with E-state index in [4.69, 9.17) is 0 Å². The van der Waals surface area contributed by atoms with Crippen LogP contribution in [0.25, 0.3) is 10.7 Å². The molecule has 2 aromatic rings. The molecule has 1 aliphatic rings. The van der Waals surface area contributed by atoms with E-state index in [9.17, 15) is 18.0 Å². The fraction of sp³-hybridized carbons (Fsp3) is 0.471. The van der Waals surface area contributed by atoms with Gasteiger partial charge in [0.2, 0.25) is 5.91 Å². The van der Waals surface area contributed by atoms with Gasteiger partial charge in [-0.2, -0.15) is 13.2 Å². The van der Waals surface area contributed by atoms with Gasteiger partial charge in [0.05, 0.1) is 17.8 Å². The fourth-order valence-corrected chi connectivity index (χ4v) is 3.67. The maximum atomic E-state index is 13.3. The monoisotopic (exact) mass is 399 g/mol. The molecule has 3 rings (SSSR count). The van der Waals surface area contributed by atoms with Crippen LogP contribution in [-0.2, 0) is 11.2 Å². The highest BCUT2D eigenvalue weighted by Gasteiger charge is 2.43. The average molecular weight is 399 g/mol. The minimum atomic E-state index is -4.39. The van der Waals surface area contributed by atoms with Gasteiger partial charge in [-0.25, -0.2) is 4.98 Å². The molecular formula is C17H20F3N5OS. The predicted octanol–water partition coefficient (Wildman–Crippen LogP) is 1.70. The van der Waals surface area contributed by atoms with Gasteiger partial charge in [-0.3, -0.25) is 14.7 Å². The van der Waals surface area contributed by atoms with Gasteiger partial charge in [-0.1, -0.05) is 6.07 Å². The van der Waals surface area contributed by atoms with E-state index in [2.05, 4.69) is 20.6 Å². The second-order valence-corrected chi connectivity index (χ2v) is 7.04. The normalized spacial score (nSPS) is 16.9. The van der Waals surface area contributed by atoms with Crippen LogP contribution in [0.4, 0.5) is 13.2 Å². The number of alkyl halides is 3. The third-order valence-corrected chi connectivity index (χ3v) is 5.15. The minimum absolute atomic E-state index is 0.0601. The predicted molar refractivity (Wildman–Crippen MR) is 96.3 cm³/mol. The highest BCUT2D eigenvalue weighted by molar-refractivity contribution is 7.13. The third-order valence-electron chi connectivity index (χ3n) is 4.24. The Balaban J connectivity index is 1.56. The first-order chi connectivity index (χ1) is 12.9. The Kier molecular flexibility index (Phi) is 6.40. The second-order valence-electron chi connectivity index (χ2n) is 6.18. The number of pyridine rings is 1. The number of carbonyl (C=O) groups excluding carboxylic acids is 1. The number of amides is 1. The molecule has 0 aliphatic carbocycles. The van der Waals surface area contributed by atoms with Crippen molar-refractivity contribution < 1.29 is 18.0 Å². The van der Waals surface area contributed by atoms with Crippen molar-refractivity contribution in [3.63, 3.8) is 0 Å². The summed E-state index contributed by atoms with van der Waals surface area (Å²) in [5.41, 5.74) is 1.22. The van der Waals surface area contributed by atoms with Gasteiger partial charge in [0, 0.05) is 44.3 Å². The summed E-state index contributed by atoms with van der Waals surface area (Å²) in [6.45, 7) is 1.17. The maximum Gasteiger partial charge on any atom is 0.405 e. The Labute approximate surface area is 158 Å². The first-order valence-electron chi connectivity index (χ1n) is 8.57. The van der Waals surface area contributed by atoms with Gasteiger partial charge >= 0.3 is 6.18 Å². The van der Waals surface area contributed by atoms with Crippen LogP contribution >= 0.6 is 11.3 Å². The Morgan fingerprint density at radius 2 is 2.11 bits per heavy atom. The van der Waals surface area contributed by atoms with Gasteiger partial charge in [0.1, 0.15) is 11.0 Å². The zero-order chi connectivity index (χ0) is 19.3. The first-order valence-corrected chi connectivity index (χ1v) is 9.45. The fourth-order valence-electron chi connectivity index (χ4n) is 2.88. The highest BCUT2D eigenvalue weighted by atomic mass is 32.1. The third kappa shape index (κ3) is 5.47. The summed E-state index contributed by atoms with van der Waals surface area (Å²) in [4.78, 5) is 22.0. The van der Waals surface area contributed by atoms with E-state index in [1.807, 2.05) is 12.1 Å². The number of nitrogens with one attached hydrogen (secondary N) is 2. The Morgan fingerprint density at radius 3 is 2.78 bits per heavy atom. The van der Waals surface area contributed by atoms with E-state index in [0.717, 1.165) is 0 Å². The molecule has 0 saturated carbocycles. The van der Waals surface area contributed by atoms with E-state index >= 15 is 0 Å². The molecule has 1 aliphatic heterocycles. The number of carbonyl (C=O) groups is 1. The quantitative estimate of drug-likeness (QED) is 0.774. The zero-order valence-electron chi connectivity index (χ0n) is 14.5. The second kappa shape index (κ2) is 8.77. The van der Waals surface area contributed by atoms with E-state index in [-0.39, 0.29) is 6.42 Å². The van der Waals surface area contributed by atoms with Crippen LogP contribution in [0, 0.1) is 0 Å². The number of halogens is 3. The number of hydrogen-bond acceptors (Lipinski definition) is 6. The van der Waals surface area contributed by atoms with Crippen LogP contribution in [0.2, 0.25) is 0 Å². The topological polar surface area (TPSA) is 70.2 Å². The molecule has 1 fully saturated rings. The molecule has 0 bridgehead atoms. The largest absolute Gasteiger partial charge is 0.405 e. The standard InChI is InChI=1S/C17H20F3N5OS/c18-17(19,20)14(25-7-5-21-6-8-25)10-23-15(26)9-12-11-27-16(24-12)13-3-1-2-4-22-13/h1-4,11,14,21H,5-10H2,(H,23,26). The van der Waals surface area contributed by atoms with Crippen LogP contribution in [0.5, 0.6) is 0 Å². The number of rotatable bonds is 6. The smallest absolute Gasteiger partial charge is 0.354 e. The van der Waals surface area contributed by atoms with Crippen LogP contribution < -0.4 is 10.6 Å². The van der Waals surface area contributed by atoms with Gasteiger partial charge < -0.3 is 10.6 Å². The Hall–Kier alpha value is -2.04. The minimum Gasteiger partial charge on any atom is -0.354 e. The summed E-state index contributed by atoms with van der Waals surface area (Å²) in [6, 6.07) is 3.76. The van der Waals surface area contributed by atoms with Crippen molar-refractivity contribution in [2.24, 2.45) is 0 Å². The highest BCUT2D eigenvalue weighted by Crippen LogP contribution is 2.25. The molecule has 1 unspecified atom stereocenters. The average Bonchev–Trinajstić information content (AvgIpc) is 3.11. The first kappa shape index (κ1) is 19.7. The Morgan fingerprint density at radius 1 is 1.33 bits per heavy atom. The molecule has 10 heteroatoms. The molecule has 1 saturated heterocycles. The maximum absolute atomic E-state index is 13.3. The number of thiazole rings is 1. The SMILES string of the molecule is O=C(Cc1csc(-c2ccccn2)n1)NCC(N1CCNCC1)C(F)(F)F. The van der Waals surface area contributed by atoms with E-state index < -0.39 is 24.7 Å². The van der Waals surface area contributed by atoms with Crippen LogP contribution in [0.1, 0.15) is 5.69 Å². The molecule has 2 N–H and O–H groups in total. The van der Waals surface area contributed by atoms with Crippen molar-refractivity contribution in [2.75, 3.05) is 32.7 Å². The van der Waals surface area contributed by atoms with Crippen molar-refractivity contribution in [2.45, 2.75) is 18.6 Å². The van der Waals surface area contributed by atoms with Crippen LogP contribution in [0.3, 0.4) is 0 Å². The Bertz CT molecular complexity index is 747. The molecule has 6 nitrogen and oxygen atoms in total. The van der Waals surface area contributed by atoms with Crippen molar-refractivity contribution >= 4 is 17.2 Å². The molecule has 27 heavy (non-hydrogen) atoms. The molecular weight excluding hydrogens is 379 g/mol.